The van der Waals surface area contributed by atoms with E-state index in [2.05, 4.69) is 0 Å². The number of carbonyl (C=O) groups excluding carboxylic acids is 1. The molecule has 2 N–H and O–H groups in total. The van der Waals surface area contributed by atoms with Gasteiger partial charge in [0.1, 0.15) is 0 Å². The maximum atomic E-state index is 10.5. The smallest absolute Gasteiger partial charge is 0.247 e. The third-order valence-corrected chi connectivity index (χ3v) is 0.680. The zero-order valence-electron chi connectivity index (χ0n) is 5.09. The number of nitrogens with two attached hydrogens (primary N) is 1. The number of amides is 1. The van der Waals surface area contributed by atoms with Gasteiger partial charge in [-0.05, 0) is 6.20 Å². The van der Waals surface area contributed by atoms with Crippen LogP contribution >= 0.6 is 0 Å². The van der Waals surface area contributed by atoms with E-state index in [0.717, 1.165) is 0 Å². The van der Waals surface area contributed by atoms with E-state index in [9.17, 15) is 4.79 Å². The predicted octanol–water partition coefficient (Wildman–Crippen LogP) is -0.453. The molecule has 0 aliphatic rings. The van der Waals surface area contributed by atoms with Crippen LogP contribution in [0.25, 0.3) is 0 Å². The van der Waals surface area contributed by atoms with Crippen molar-refractivity contribution in [1.29, 1.82) is 0 Å². The number of rotatable bonds is 1. The Kier molecular flexibility index (Phi) is 2.69. The van der Waals surface area contributed by atoms with Crippen LogP contribution in [0, 0.1) is 0 Å². The molecule has 0 unspecified atom stereocenters. The third kappa shape index (κ3) is 2.23. The maximum absolute atomic E-state index is 10.5. The van der Waals surface area contributed by atoms with Crippen molar-refractivity contribution in [3.05, 3.63) is 12.3 Å². The van der Waals surface area contributed by atoms with Gasteiger partial charge in [-0.3, -0.25) is 4.79 Å². The first-order valence-corrected chi connectivity index (χ1v) is 2.28. The number of nitrogens with zero attached hydrogens (tertiary/aromatic N) is 1. The van der Waals surface area contributed by atoms with Crippen molar-refractivity contribution in [2.45, 2.75) is 0 Å². The third-order valence-electron chi connectivity index (χ3n) is 0.680. The van der Waals surface area contributed by atoms with Gasteiger partial charge in [0.15, 0.2) is 0 Å². The molecule has 0 atom stereocenters. The first kappa shape index (κ1) is 7.01. The SMILES string of the molecule is CN(C)C(=O)C=CN. The summed E-state index contributed by atoms with van der Waals surface area (Å²) in [7, 11) is 3.34. The van der Waals surface area contributed by atoms with Gasteiger partial charge in [0, 0.05) is 20.2 Å². The van der Waals surface area contributed by atoms with Crippen molar-refractivity contribution >= 4 is 5.91 Å². The van der Waals surface area contributed by atoms with E-state index < -0.39 is 0 Å². The van der Waals surface area contributed by atoms with Crippen LogP contribution in [0.1, 0.15) is 0 Å². The molecule has 1 amide bonds. The highest BCUT2D eigenvalue weighted by atomic mass is 16.2. The number of likely N-dealkylation sites (N-methyl/N-ethyl adjacent to an activating group) is 1. The molecule has 8 heavy (non-hydrogen) atoms. The molecule has 0 spiro atoms. The molecule has 0 heterocycles. The summed E-state index contributed by atoms with van der Waals surface area (Å²) in [6, 6.07) is 0. The average molecular weight is 114 g/mol. The van der Waals surface area contributed by atoms with E-state index in [1.54, 1.807) is 14.1 Å². The fraction of sp³-hybridized carbons (Fsp3) is 0.400. The van der Waals surface area contributed by atoms with Crippen molar-refractivity contribution in [3.8, 4) is 0 Å². The van der Waals surface area contributed by atoms with Gasteiger partial charge in [-0.2, -0.15) is 0 Å². The Morgan fingerprint density at radius 2 is 2.12 bits per heavy atom. The minimum atomic E-state index is -0.0903. The van der Waals surface area contributed by atoms with E-state index in [-0.39, 0.29) is 5.91 Å². The molecule has 3 nitrogen and oxygen atoms in total. The fourth-order valence-electron chi connectivity index (χ4n) is 0.231. The van der Waals surface area contributed by atoms with E-state index in [4.69, 9.17) is 5.73 Å². The second kappa shape index (κ2) is 3.07. The molecule has 0 rings (SSSR count). The highest BCUT2D eigenvalue weighted by Gasteiger charge is 1.93. The standard InChI is InChI=1S/C5H10N2O/c1-7(2)5(8)3-4-6/h3-4H,6H2,1-2H3. The average Bonchev–Trinajstić information content (AvgIpc) is 1.67. The maximum Gasteiger partial charge on any atom is 0.247 e. The number of carbonyl (C=O) groups is 1. The van der Waals surface area contributed by atoms with Gasteiger partial charge in [-0.25, -0.2) is 0 Å². The van der Waals surface area contributed by atoms with Crippen LogP contribution in [0.15, 0.2) is 12.3 Å². The molecule has 0 fully saturated rings. The molecule has 0 aromatic heterocycles. The van der Waals surface area contributed by atoms with E-state index >= 15 is 0 Å². The normalized spacial score (nSPS) is 9.75. The summed E-state index contributed by atoms with van der Waals surface area (Å²) in [5.41, 5.74) is 4.94. The van der Waals surface area contributed by atoms with Gasteiger partial charge in [0.05, 0.1) is 0 Å². The Morgan fingerprint density at radius 1 is 1.62 bits per heavy atom. The van der Waals surface area contributed by atoms with Crippen LogP contribution in [0.5, 0.6) is 0 Å². The monoisotopic (exact) mass is 114 g/mol. The molecule has 0 aliphatic heterocycles. The topological polar surface area (TPSA) is 46.3 Å². The molecular weight excluding hydrogens is 104 g/mol. The van der Waals surface area contributed by atoms with Crippen LogP contribution in [-0.4, -0.2) is 24.9 Å². The van der Waals surface area contributed by atoms with Crippen LogP contribution in [0.3, 0.4) is 0 Å². The van der Waals surface area contributed by atoms with Crippen molar-refractivity contribution in [2.75, 3.05) is 14.1 Å². The highest BCUT2D eigenvalue weighted by molar-refractivity contribution is 5.86. The Hall–Kier alpha value is -0.990. The molecule has 0 aromatic rings. The summed E-state index contributed by atoms with van der Waals surface area (Å²) in [4.78, 5) is 11.9. The van der Waals surface area contributed by atoms with Crippen molar-refractivity contribution in [3.63, 3.8) is 0 Å². The summed E-state index contributed by atoms with van der Waals surface area (Å²) >= 11 is 0. The van der Waals surface area contributed by atoms with Gasteiger partial charge in [0.25, 0.3) is 0 Å². The summed E-state index contributed by atoms with van der Waals surface area (Å²) in [5, 5.41) is 0. The largest absolute Gasteiger partial charge is 0.404 e. The van der Waals surface area contributed by atoms with Crippen LogP contribution < -0.4 is 5.73 Å². The van der Waals surface area contributed by atoms with Gasteiger partial charge < -0.3 is 10.6 Å². The van der Waals surface area contributed by atoms with E-state index in [0.29, 0.717) is 0 Å². The van der Waals surface area contributed by atoms with Gasteiger partial charge in [-0.1, -0.05) is 0 Å². The summed E-state index contributed by atoms with van der Waals surface area (Å²) in [6.45, 7) is 0. The van der Waals surface area contributed by atoms with E-state index in [1.165, 1.54) is 17.2 Å². The van der Waals surface area contributed by atoms with Gasteiger partial charge in [0.2, 0.25) is 5.91 Å². The lowest BCUT2D eigenvalue weighted by Gasteiger charge is -2.03. The summed E-state index contributed by atoms with van der Waals surface area (Å²) in [5.74, 6) is -0.0903. The Morgan fingerprint density at radius 3 is 2.25 bits per heavy atom. The molecule has 0 aromatic carbocycles. The number of hydrogen-bond acceptors (Lipinski definition) is 2. The zero-order valence-corrected chi connectivity index (χ0v) is 5.09. The minimum Gasteiger partial charge on any atom is -0.404 e. The molecule has 0 radical (unpaired) electrons. The lowest BCUT2D eigenvalue weighted by molar-refractivity contribution is -0.123. The van der Waals surface area contributed by atoms with Gasteiger partial charge >= 0.3 is 0 Å². The van der Waals surface area contributed by atoms with Crippen molar-refractivity contribution in [2.24, 2.45) is 5.73 Å². The number of hydrogen-bond donors (Lipinski definition) is 1. The Labute approximate surface area is 48.8 Å². The van der Waals surface area contributed by atoms with Crippen LogP contribution in [0.2, 0.25) is 0 Å². The molecule has 0 saturated carbocycles. The second-order valence-electron chi connectivity index (χ2n) is 1.59. The second-order valence-corrected chi connectivity index (χ2v) is 1.59. The predicted molar refractivity (Wildman–Crippen MR) is 32.0 cm³/mol. The first-order valence-electron chi connectivity index (χ1n) is 2.28. The molecule has 0 aliphatic carbocycles. The van der Waals surface area contributed by atoms with Crippen molar-refractivity contribution < 1.29 is 4.79 Å². The molecule has 0 bridgehead atoms. The Bertz CT molecular complexity index is 107. The molecular formula is C5H10N2O. The lowest BCUT2D eigenvalue weighted by Crippen LogP contribution is -2.19. The molecule has 0 saturated heterocycles. The first-order chi connectivity index (χ1) is 3.68. The highest BCUT2D eigenvalue weighted by Crippen LogP contribution is 1.76. The lowest BCUT2D eigenvalue weighted by atomic mass is 10.5. The Balaban J connectivity index is 3.66. The zero-order chi connectivity index (χ0) is 6.57. The van der Waals surface area contributed by atoms with Crippen LogP contribution in [0.4, 0.5) is 0 Å². The minimum absolute atomic E-state index is 0.0903. The summed E-state index contributed by atoms with van der Waals surface area (Å²) in [6.07, 6.45) is 2.53. The van der Waals surface area contributed by atoms with Crippen molar-refractivity contribution in [1.82, 2.24) is 4.90 Å². The fourth-order valence-corrected chi connectivity index (χ4v) is 0.231. The molecule has 3 heteroatoms. The molecule has 46 valence electrons. The van der Waals surface area contributed by atoms with E-state index in [1.807, 2.05) is 0 Å². The van der Waals surface area contributed by atoms with Gasteiger partial charge in [-0.15, -0.1) is 0 Å². The van der Waals surface area contributed by atoms with Crippen LogP contribution in [-0.2, 0) is 4.79 Å². The summed E-state index contributed by atoms with van der Waals surface area (Å²) < 4.78 is 0. The quantitative estimate of drug-likeness (QED) is 0.469.